The zero-order valence-corrected chi connectivity index (χ0v) is 4.72. The molecule has 1 atom stereocenters. The van der Waals surface area contributed by atoms with Crippen LogP contribution in [0, 0.1) is 0 Å². The quantitative estimate of drug-likeness (QED) is 0.459. The summed E-state index contributed by atoms with van der Waals surface area (Å²) in [6, 6.07) is 0. The van der Waals surface area contributed by atoms with Crippen molar-refractivity contribution in [2.24, 2.45) is 0 Å². The van der Waals surface area contributed by atoms with Crippen LogP contribution in [0.1, 0.15) is 6.92 Å². The fraction of sp³-hybridized carbons (Fsp3) is 0.600. The first kappa shape index (κ1) is 5.59. The first-order chi connectivity index (χ1) is 3.80. The highest BCUT2D eigenvalue weighted by atomic mass is 16.6. The normalized spacial score (nSPS) is 28.8. The first-order valence-corrected chi connectivity index (χ1v) is 2.53. The van der Waals surface area contributed by atoms with Crippen LogP contribution in [0.15, 0.2) is 11.8 Å². The second-order valence-corrected chi connectivity index (χ2v) is 1.83. The van der Waals surface area contributed by atoms with Gasteiger partial charge in [-0.25, -0.2) is 0 Å². The van der Waals surface area contributed by atoms with Crippen LogP contribution in [0.3, 0.4) is 0 Å². The van der Waals surface area contributed by atoms with Gasteiger partial charge in [0, 0.05) is 6.20 Å². The highest BCUT2D eigenvalue weighted by Gasteiger charge is 2.09. The van der Waals surface area contributed by atoms with E-state index in [0.29, 0.717) is 6.61 Å². The van der Waals surface area contributed by atoms with Gasteiger partial charge in [0.15, 0.2) is 0 Å². The van der Waals surface area contributed by atoms with Crippen molar-refractivity contribution in [2.45, 2.75) is 13.0 Å². The average Bonchev–Trinajstić information content (AvgIpc) is 1.77. The van der Waals surface area contributed by atoms with Gasteiger partial charge in [-0.3, -0.25) is 10.3 Å². The summed E-state index contributed by atoms with van der Waals surface area (Å²) in [5.74, 6) is 0. The van der Waals surface area contributed by atoms with Gasteiger partial charge < -0.3 is 5.11 Å². The second-order valence-electron chi connectivity index (χ2n) is 1.83. The van der Waals surface area contributed by atoms with Crippen LogP contribution in [0.2, 0.25) is 0 Å². The molecule has 0 radical (unpaired) electrons. The van der Waals surface area contributed by atoms with E-state index in [1.165, 1.54) is 0 Å². The third kappa shape index (κ3) is 0.993. The molecule has 0 amide bonds. The number of rotatable bonds is 0. The Morgan fingerprint density at radius 3 is 3.12 bits per heavy atom. The molecule has 0 saturated heterocycles. The average molecular weight is 115 g/mol. The number of nitrogens with one attached hydrogen (secondary N) is 1. The minimum Gasteiger partial charge on any atom is -0.386 e. The lowest BCUT2D eigenvalue weighted by Crippen LogP contribution is -2.27. The van der Waals surface area contributed by atoms with Crippen molar-refractivity contribution in [1.29, 1.82) is 0 Å². The predicted octanol–water partition coefficient (Wildman–Crippen LogP) is -0.214. The molecule has 1 aliphatic heterocycles. The molecule has 0 bridgehead atoms. The van der Waals surface area contributed by atoms with Crippen molar-refractivity contribution < 1.29 is 9.94 Å². The molecule has 0 aromatic heterocycles. The van der Waals surface area contributed by atoms with Crippen molar-refractivity contribution in [1.82, 2.24) is 5.48 Å². The van der Waals surface area contributed by atoms with E-state index in [1.54, 1.807) is 6.20 Å². The predicted molar refractivity (Wildman–Crippen MR) is 28.9 cm³/mol. The zero-order valence-electron chi connectivity index (χ0n) is 4.72. The molecule has 3 heteroatoms. The minimum atomic E-state index is -0.420. The van der Waals surface area contributed by atoms with Crippen molar-refractivity contribution >= 4 is 0 Å². The Morgan fingerprint density at radius 2 is 2.75 bits per heavy atom. The summed E-state index contributed by atoms with van der Waals surface area (Å²) in [5.41, 5.74) is 3.46. The number of aliphatic hydroxyl groups is 1. The number of hydroxylamine groups is 1. The lowest BCUT2D eigenvalue weighted by molar-refractivity contribution is -0.00258. The monoisotopic (exact) mass is 115 g/mol. The van der Waals surface area contributed by atoms with Gasteiger partial charge >= 0.3 is 0 Å². The van der Waals surface area contributed by atoms with Crippen LogP contribution in [0.25, 0.3) is 0 Å². The molecule has 0 aromatic rings. The van der Waals surface area contributed by atoms with Gasteiger partial charge in [0.05, 0.1) is 0 Å². The Balaban J connectivity index is 2.53. The largest absolute Gasteiger partial charge is 0.386 e. The third-order valence-electron chi connectivity index (χ3n) is 1.14. The molecule has 0 spiro atoms. The van der Waals surface area contributed by atoms with E-state index in [0.717, 1.165) is 5.57 Å². The third-order valence-corrected chi connectivity index (χ3v) is 1.14. The Morgan fingerprint density at radius 1 is 2.00 bits per heavy atom. The summed E-state index contributed by atoms with van der Waals surface area (Å²) in [7, 11) is 0. The molecule has 1 heterocycles. The number of hydrogen-bond acceptors (Lipinski definition) is 3. The molecule has 8 heavy (non-hydrogen) atoms. The Hall–Kier alpha value is -0.540. The van der Waals surface area contributed by atoms with E-state index in [2.05, 4.69) is 10.3 Å². The maximum absolute atomic E-state index is 8.94. The van der Waals surface area contributed by atoms with Crippen molar-refractivity contribution in [2.75, 3.05) is 6.61 Å². The van der Waals surface area contributed by atoms with Crippen LogP contribution in [0.4, 0.5) is 0 Å². The highest BCUT2D eigenvalue weighted by molar-refractivity contribution is 5.03. The summed E-state index contributed by atoms with van der Waals surface area (Å²) in [5, 5.41) is 8.94. The minimum absolute atomic E-state index is 0.350. The first-order valence-electron chi connectivity index (χ1n) is 2.53. The van der Waals surface area contributed by atoms with E-state index in [1.807, 2.05) is 6.92 Å². The maximum atomic E-state index is 8.94. The summed E-state index contributed by atoms with van der Waals surface area (Å²) < 4.78 is 0. The Kier molecular flexibility index (Phi) is 1.50. The van der Waals surface area contributed by atoms with Crippen LogP contribution >= 0.6 is 0 Å². The van der Waals surface area contributed by atoms with Crippen LogP contribution in [-0.4, -0.2) is 17.8 Å². The fourth-order valence-corrected chi connectivity index (χ4v) is 0.489. The molecule has 2 N–H and O–H groups in total. The second kappa shape index (κ2) is 2.15. The molecule has 46 valence electrons. The van der Waals surface area contributed by atoms with E-state index < -0.39 is 6.10 Å². The maximum Gasteiger partial charge on any atom is 0.104 e. The summed E-state index contributed by atoms with van der Waals surface area (Å²) in [4.78, 5) is 4.68. The van der Waals surface area contributed by atoms with Crippen molar-refractivity contribution in [3.63, 3.8) is 0 Å². The van der Waals surface area contributed by atoms with Crippen molar-refractivity contribution in [3.05, 3.63) is 11.8 Å². The lowest BCUT2D eigenvalue weighted by atomic mass is 10.2. The SMILES string of the molecule is CC1=CNOCC1O. The molecule has 0 aliphatic carbocycles. The van der Waals surface area contributed by atoms with Gasteiger partial charge in [-0.15, -0.1) is 0 Å². The molecule has 0 fully saturated rings. The highest BCUT2D eigenvalue weighted by Crippen LogP contribution is 2.02. The van der Waals surface area contributed by atoms with Gasteiger partial charge in [-0.1, -0.05) is 0 Å². The fourth-order valence-electron chi connectivity index (χ4n) is 0.489. The molecule has 0 aromatic carbocycles. The van der Waals surface area contributed by atoms with Gasteiger partial charge in [-0.2, -0.15) is 0 Å². The summed E-state index contributed by atoms with van der Waals surface area (Å²) in [6.45, 7) is 2.20. The van der Waals surface area contributed by atoms with Crippen LogP contribution in [-0.2, 0) is 4.84 Å². The molecular formula is C5H9NO2. The molecule has 0 saturated carbocycles. The van der Waals surface area contributed by atoms with Gasteiger partial charge in [-0.05, 0) is 12.5 Å². The summed E-state index contributed by atoms with van der Waals surface area (Å²) >= 11 is 0. The Bertz CT molecular complexity index is 111. The molecule has 1 unspecified atom stereocenters. The Labute approximate surface area is 47.9 Å². The summed E-state index contributed by atoms with van der Waals surface area (Å²) in [6.07, 6.45) is 1.23. The molecule has 1 aliphatic rings. The smallest absolute Gasteiger partial charge is 0.104 e. The van der Waals surface area contributed by atoms with Gasteiger partial charge in [0.25, 0.3) is 0 Å². The topological polar surface area (TPSA) is 41.5 Å². The zero-order chi connectivity index (χ0) is 5.98. The molecule has 3 nitrogen and oxygen atoms in total. The van der Waals surface area contributed by atoms with E-state index >= 15 is 0 Å². The van der Waals surface area contributed by atoms with Gasteiger partial charge in [0.1, 0.15) is 12.7 Å². The molecule has 1 rings (SSSR count). The number of hydrogen-bond donors (Lipinski definition) is 2. The number of aliphatic hydroxyl groups excluding tert-OH is 1. The molecular weight excluding hydrogens is 106 g/mol. The van der Waals surface area contributed by atoms with Crippen LogP contribution in [0.5, 0.6) is 0 Å². The van der Waals surface area contributed by atoms with E-state index in [9.17, 15) is 0 Å². The van der Waals surface area contributed by atoms with E-state index in [-0.39, 0.29) is 0 Å². The van der Waals surface area contributed by atoms with Crippen molar-refractivity contribution in [3.8, 4) is 0 Å². The lowest BCUT2D eigenvalue weighted by Gasteiger charge is -2.16. The standard InChI is InChI=1S/C5H9NO2/c1-4-2-6-8-3-5(4)7/h2,5-7H,3H2,1H3. The van der Waals surface area contributed by atoms with Gasteiger partial charge in [0.2, 0.25) is 0 Å². The van der Waals surface area contributed by atoms with Crippen LogP contribution < -0.4 is 5.48 Å². The van der Waals surface area contributed by atoms with E-state index in [4.69, 9.17) is 5.11 Å².